The largest absolute Gasteiger partial charge is 0.409 e. The van der Waals surface area contributed by atoms with Gasteiger partial charge in [-0.1, -0.05) is 30.9 Å². The summed E-state index contributed by atoms with van der Waals surface area (Å²) in [5.41, 5.74) is 0. The van der Waals surface area contributed by atoms with Crippen LogP contribution in [0.25, 0.3) is 0 Å². The molecule has 0 bridgehead atoms. The van der Waals surface area contributed by atoms with Crippen molar-refractivity contribution < 1.29 is 9.57 Å². The van der Waals surface area contributed by atoms with Gasteiger partial charge in [-0.05, 0) is 25.7 Å². The summed E-state index contributed by atoms with van der Waals surface area (Å²) in [5, 5.41) is 2.70. The summed E-state index contributed by atoms with van der Waals surface area (Å²) >= 11 is 6.25. The van der Waals surface area contributed by atoms with Crippen LogP contribution in [-0.2, 0) is 9.57 Å². The molecule has 1 aliphatic carbocycles. The maximum absolute atomic E-state index is 6.25. The van der Waals surface area contributed by atoms with Gasteiger partial charge in [-0.15, -0.1) is 5.06 Å². The molecule has 4 heteroatoms. The fraction of sp³-hybridized carbons (Fsp3) is 0.833. The van der Waals surface area contributed by atoms with Crippen molar-refractivity contribution in [1.29, 1.82) is 0 Å². The van der Waals surface area contributed by atoms with Gasteiger partial charge in [0.2, 0.25) is 0 Å². The van der Waals surface area contributed by atoms with Crippen molar-refractivity contribution in [2.24, 2.45) is 5.92 Å². The molecule has 92 valence electrons. The van der Waals surface area contributed by atoms with E-state index in [1.165, 1.54) is 32.1 Å². The zero-order valence-corrected chi connectivity index (χ0v) is 10.7. The number of methoxy groups -OCH3 is 1. The molecule has 0 spiro atoms. The van der Waals surface area contributed by atoms with E-state index in [1.54, 1.807) is 13.4 Å². The molecule has 0 amide bonds. The molecular weight excluding hydrogens is 226 g/mol. The first-order valence-corrected chi connectivity index (χ1v) is 6.45. The molecule has 2 unspecified atom stereocenters. The lowest BCUT2D eigenvalue weighted by Gasteiger charge is -2.34. The van der Waals surface area contributed by atoms with E-state index in [2.05, 4.69) is 0 Å². The van der Waals surface area contributed by atoms with Crippen molar-refractivity contribution >= 4 is 11.6 Å². The Morgan fingerprint density at radius 2 is 2.12 bits per heavy atom. The van der Waals surface area contributed by atoms with Gasteiger partial charge in [0.1, 0.15) is 12.5 Å². The summed E-state index contributed by atoms with van der Waals surface area (Å²) in [6, 6.07) is 0.192. The molecule has 1 fully saturated rings. The summed E-state index contributed by atoms with van der Waals surface area (Å²) < 4.78 is 5.31. The highest BCUT2D eigenvalue weighted by Crippen LogP contribution is 2.37. The maximum Gasteiger partial charge on any atom is 0.141 e. The summed E-state index contributed by atoms with van der Waals surface area (Å²) in [7, 11) is 1.69. The van der Waals surface area contributed by atoms with Crippen molar-refractivity contribution in [2.45, 2.75) is 51.3 Å². The Kier molecular flexibility index (Phi) is 4.11. The van der Waals surface area contributed by atoms with Gasteiger partial charge < -0.3 is 9.57 Å². The van der Waals surface area contributed by atoms with E-state index in [0.29, 0.717) is 5.92 Å². The number of hydroxylamine groups is 2. The molecular formula is C12H20ClNO2. The van der Waals surface area contributed by atoms with Crippen LogP contribution in [-0.4, -0.2) is 24.4 Å². The summed E-state index contributed by atoms with van der Waals surface area (Å²) in [6.07, 6.45) is 8.04. The predicted molar refractivity (Wildman–Crippen MR) is 63.7 cm³/mol. The summed E-state index contributed by atoms with van der Waals surface area (Å²) in [5.74, 6) is 0.609. The Morgan fingerprint density at radius 1 is 1.44 bits per heavy atom. The van der Waals surface area contributed by atoms with Crippen molar-refractivity contribution in [2.75, 3.05) is 7.11 Å². The second-order valence-corrected chi connectivity index (χ2v) is 5.08. The fourth-order valence-corrected chi connectivity index (χ4v) is 2.98. The average Bonchev–Trinajstić information content (AvgIpc) is 2.71. The lowest BCUT2D eigenvalue weighted by molar-refractivity contribution is -0.216. The highest BCUT2D eigenvalue weighted by molar-refractivity contribution is 6.30. The number of ether oxygens (including phenoxy) is 1. The molecule has 0 aromatic rings. The third kappa shape index (κ3) is 2.36. The normalized spacial score (nSPS) is 29.9. The van der Waals surface area contributed by atoms with E-state index in [-0.39, 0.29) is 12.3 Å². The number of hydrogen-bond donors (Lipinski definition) is 0. The number of nitrogens with zero attached hydrogens (tertiary/aromatic N) is 1. The second kappa shape index (κ2) is 5.39. The SMILES string of the molecule is COC(C)N1OC=C(Cl)C1C1CCCCC1. The minimum Gasteiger partial charge on any atom is -0.409 e. The Bertz CT molecular complexity index is 264. The van der Waals surface area contributed by atoms with Gasteiger partial charge in [-0.3, -0.25) is 0 Å². The zero-order valence-electron chi connectivity index (χ0n) is 9.99. The molecule has 1 aliphatic heterocycles. The van der Waals surface area contributed by atoms with E-state index < -0.39 is 0 Å². The zero-order chi connectivity index (χ0) is 11.5. The molecule has 0 aromatic heterocycles. The Balaban J connectivity index is 2.05. The van der Waals surface area contributed by atoms with Gasteiger partial charge in [0.05, 0.1) is 11.1 Å². The molecule has 2 rings (SSSR count). The Labute approximate surface area is 102 Å². The van der Waals surface area contributed by atoms with Crippen molar-refractivity contribution in [1.82, 2.24) is 5.06 Å². The van der Waals surface area contributed by atoms with Gasteiger partial charge in [-0.25, -0.2) is 0 Å². The van der Waals surface area contributed by atoms with Crippen LogP contribution in [0.15, 0.2) is 11.3 Å². The first-order valence-electron chi connectivity index (χ1n) is 6.07. The molecule has 0 radical (unpaired) electrons. The predicted octanol–water partition coefficient (Wildman–Crippen LogP) is 3.26. The lowest BCUT2D eigenvalue weighted by Crippen LogP contribution is -2.43. The molecule has 1 saturated carbocycles. The van der Waals surface area contributed by atoms with Gasteiger partial charge in [0, 0.05) is 7.11 Å². The topological polar surface area (TPSA) is 21.7 Å². The molecule has 2 aliphatic rings. The third-order valence-corrected chi connectivity index (χ3v) is 3.95. The van der Waals surface area contributed by atoms with Crippen LogP contribution in [0.2, 0.25) is 0 Å². The van der Waals surface area contributed by atoms with Gasteiger partial charge >= 0.3 is 0 Å². The third-order valence-electron chi connectivity index (χ3n) is 3.64. The Morgan fingerprint density at radius 3 is 2.75 bits per heavy atom. The van der Waals surface area contributed by atoms with Crippen molar-refractivity contribution in [3.63, 3.8) is 0 Å². The Hall–Kier alpha value is -0.250. The van der Waals surface area contributed by atoms with Gasteiger partial charge in [0.25, 0.3) is 0 Å². The smallest absolute Gasteiger partial charge is 0.141 e. The van der Waals surface area contributed by atoms with Crippen LogP contribution in [0.5, 0.6) is 0 Å². The van der Waals surface area contributed by atoms with E-state index in [1.807, 2.05) is 12.0 Å². The fourth-order valence-electron chi connectivity index (χ4n) is 2.67. The first kappa shape index (κ1) is 12.2. The lowest BCUT2D eigenvalue weighted by atomic mass is 9.83. The van der Waals surface area contributed by atoms with E-state index in [4.69, 9.17) is 21.2 Å². The molecule has 1 heterocycles. The average molecular weight is 246 g/mol. The highest BCUT2D eigenvalue weighted by Gasteiger charge is 2.38. The first-order chi connectivity index (χ1) is 7.74. The minimum absolute atomic E-state index is 0.0561. The van der Waals surface area contributed by atoms with E-state index >= 15 is 0 Å². The minimum atomic E-state index is -0.0561. The maximum atomic E-state index is 6.25. The molecule has 16 heavy (non-hydrogen) atoms. The van der Waals surface area contributed by atoms with Crippen LogP contribution in [0.3, 0.4) is 0 Å². The van der Waals surface area contributed by atoms with E-state index in [9.17, 15) is 0 Å². The van der Waals surface area contributed by atoms with Crippen LogP contribution in [0.1, 0.15) is 39.0 Å². The molecule has 2 atom stereocenters. The van der Waals surface area contributed by atoms with Crippen LogP contribution < -0.4 is 0 Å². The van der Waals surface area contributed by atoms with Crippen molar-refractivity contribution in [3.8, 4) is 0 Å². The molecule has 0 saturated heterocycles. The van der Waals surface area contributed by atoms with Crippen LogP contribution in [0, 0.1) is 5.92 Å². The quantitative estimate of drug-likeness (QED) is 0.762. The van der Waals surface area contributed by atoms with Crippen LogP contribution >= 0.6 is 11.6 Å². The van der Waals surface area contributed by atoms with Gasteiger partial charge in [-0.2, -0.15) is 0 Å². The van der Waals surface area contributed by atoms with E-state index in [0.717, 1.165) is 5.03 Å². The van der Waals surface area contributed by atoms with Crippen LogP contribution in [0.4, 0.5) is 0 Å². The molecule has 0 aromatic carbocycles. The van der Waals surface area contributed by atoms with Crippen molar-refractivity contribution in [3.05, 3.63) is 11.3 Å². The highest BCUT2D eigenvalue weighted by atomic mass is 35.5. The second-order valence-electron chi connectivity index (χ2n) is 4.65. The summed E-state index contributed by atoms with van der Waals surface area (Å²) in [6.45, 7) is 1.99. The number of rotatable bonds is 3. The molecule has 0 N–H and O–H groups in total. The monoisotopic (exact) mass is 245 g/mol. The number of halogens is 1. The molecule has 3 nitrogen and oxygen atoms in total. The van der Waals surface area contributed by atoms with Gasteiger partial charge in [0.15, 0.2) is 0 Å². The standard InChI is InChI=1S/C12H20ClNO2/c1-9(15-2)14-12(11(13)8-16-14)10-6-4-3-5-7-10/h8-10,12H,3-7H2,1-2H3. The number of hydrogen-bond acceptors (Lipinski definition) is 3. The summed E-state index contributed by atoms with van der Waals surface area (Å²) in [4.78, 5) is 5.50.